The minimum absolute atomic E-state index is 0.182. The van der Waals surface area contributed by atoms with Gasteiger partial charge in [-0.15, -0.1) is 0 Å². The van der Waals surface area contributed by atoms with Crippen molar-refractivity contribution >= 4 is 5.91 Å². The third-order valence-corrected chi connectivity index (χ3v) is 3.81. The van der Waals surface area contributed by atoms with Crippen molar-refractivity contribution in [2.24, 2.45) is 5.73 Å². The number of halogens is 1. The Balaban J connectivity index is 1.91. The summed E-state index contributed by atoms with van der Waals surface area (Å²) in [6.45, 7) is 4.15. The second-order valence-electron chi connectivity index (χ2n) is 5.71. The summed E-state index contributed by atoms with van der Waals surface area (Å²) in [6.07, 6.45) is 0.310. The van der Waals surface area contributed by atoms with Crippen LogP contribution in [0.5, 0.6) is 5.75 Å². The zero-order valence-corrected chi connectivity index (χ0v) is 14.0. The first-order valence-corrected chi connectivity index (χ1v) is 8.02. The molecule has 0 aromatic heterocycles. The monoisotopic (exact) mass is 330 g/mol. The van der Waals surface area contributed by atoms with Gasteiger partial charge in [0.05, 0.1) is 6.54 Å². The summed E-state index contributed by atoms with van der Waals surface area (Å²) in [5, 5.41) is 2.77. The van der Waals surface area contributed by atoms with E-state index in [9.17, 15) is 9.18 Å². The number of nitrogens with two attached hydrogens (primary N) is 1. The molecular formula is C19H23FN2O2. The van der Waals surface area contributed by atoms with Crippen molar-refractivity contribution < 1.29 is 13.9 Å². The molecule has 3 N–H and O–H groups in total. The zero-order valence-electron chi connectivity index (χ0n) is 14.0. The number of aryl methyl sites for hydroxylation is 1. The smallest absolute Gasteiger partial charge is 0.241 e. The molecule has 24 heavy (non-hydrogen) atoms. The van der Waals surface area contributed by atoms with E-state index in [0.29, 0.717) is 6.42 Å². The summed E-state index contributed by atoms with van der Waals surface area (Å²) < 4.78 is 19.3. The molecule has 0 aliphatic heterocycles. The Morgan fingerprint density at radius 2 is 1.88 bits per heavy atom. The second kappa shape index (κ2) is 8.45. The molecule has 0 heterocycles. The van der Waals surface area contributed by atoms with Gasteiger partial charge in [-0.1, -0.05) is 48.9 Å². The third-order valence-electron chi connectivity index (χ3n) is 3.81. The predicted molar refractivity (Wildman–Crippen MR) is 92.2 cm³/mol. The van der Waals surface area contributed by atoms with E-state index in [4.69, 9.17) is 10.5 Å². The van der Waals surface area contributed by atoms with Crippen molar-refractivity contribution in [1.29, 1.82) is 0 Å². The Hall–Kier alpha value is -2.40. The molecule has 2 atom stereocenters. The molecule has 0 aliphatic carbocycles. The highest BCUT2D eigenvalue weighted by atomic mass is 19.1. The number of benzene rings is 2. The van der Waals surface area contributed by atoms with E-state index >= 15 is 0 Å². The minimum Gasteiger partial charge on any atom is -0.486 e. The maximum Gasteiger partial charge on any atom is 0.241 e. The Bertz CT molecular complexity index is 673. The molecule has 0 fully saturated rings. The summed E-state index contributed by atoms with van der Waals surface area (Å²) in [5.41, 5.74) is 7.84. The first-order valence-electron chi connectivity index (χ1n) is 8.02. The number of rotatable bonds is 7. The Morgan fingerprint density at radius 3 is 2.50 bits per heavy atom. The highest BCUT2D eigenvalue weighted by molar-refractivity contribution is 5.82. The van der Waals surface area contributed by atoms with Crippen LogP contribution >= 0.6 is 0 Å². The molecule has 0 bridgehead atoms. The summed E-state index contributed by atoms with van der Waals surface area (Å²) in [5.74, 6) is -0.519. The van der Waals surface area contributed by atoms with Gasteiger partial charge in [-0.2, -0.15) is 0 Å². The standard InChI is InChI=1S/C19H23FN2O2/c1-3-15(24-17-7-5-4-6-16(17)20)12-22-19(23)18(21)14-10-8-13(2)9-11-14/h4-11,15,18H,3,12,21H2,1-2H3,(H,22,23). The van der Waals surface area contributed by atoms with Crippen molar-refractivity contribution in [3.8, 4) is 5.75 Å². The topological polar surface area (TPSA) is 64.4 Å². The van der Waals surface area contributed by atoms with E-state index in [1.165, 1.54) is 6.07 Å². The lowest BCUT2D eigenvalue weighted by Crippen LogP contribution is -2.40. The number of nitrogens with one attached hydrogen (secondary N) is 1. The van der Waals surface area contributed by atoms with Crippen LogP contribution < -0.4 is 15.8 Å². The van der Waals surface area contributed by atoms with E-state index in [1.807, 2.05) is 38.1 Å². The lowest BCUT2D eigenvalue weighted by atomic mass is 10.1. The third kappa shape index (κ3) is 4.80. The van der Waals surface area contributed by atoms with Gasteiger partial charge in [0.2, 0.25) is 5.91 Å². The molecule has 0 saturated heterocycles. The fourth-order valence-electron chi connectivity index (χ4n) is 2.24. The van der Waals surface area contributed by atoms with Gasteiger partial charge in [-0.05, 0) is 31.0 Å². The highest BCUT2D eigenvalue weighted by Gasteiger charge is 2.18. The molecular weight excluding hydrogens is 307 g/mol. The number of carbonyl (C=O) groups is 1. The number of hydrogen-bond acceptors (Lipinski definition) is 3. The molecule has 1 amide bonds. The molecule has 0 spiro atoms. The second-order valence-corrected chi connectivity index (χ2v) is 5.71. The molecule has 0 radical (unpaired) electrons. The minimum atomic E-state index is -0.739. The fraction of sp³-hybridized carbons (Fsp3) is 0.316. The largest absolute Gasteiger partial charge is 0.486 e. The van der Waals surface area contributed by atoms with Gasteiger partial charge in [-0.3, -0.25) is 4.79 Å². The molecule has 2 aromatic carbocycles. The molecule has 0 saturated carbocycles. The van der Waals surface area contributed by atoms with Crippen LogP contribution in [0.25, 0.3) is 0 Å². The van der Waals surface area contributed by atoms with Crippen LogP contribution in [0.4, 0.5) is 4.39 Å². The number of para-hydroxylation sites is 1. The van der Waals surface area contributed by atoms with E-state index in [1.54, 1.807) is 18.2 Å². The lowest BCUT2D eigenvalue weighted by molar-refractivity contribution is -0.122. The van der Waals surface area contributed by atoms with Gasteiger partial charge >= 0.3 is 0 Å². The fourth-order valence-corrected chi connectivity index (χ4v) is 2.24. The highest BCUT2D eigenvalue weighted by Crippen LogP contribution is 2.18. The Kier molecular flexibility index (Phi) is 6.32. The van der Waals surface area contributed by atoms with E-state index < -0.39 is 11.9 Å². The first-order chi connectivity index (χ1) is 11.5. The average Bonchev–Trinajstić information content (AvgIpc) is 2.60. The van der Waals surface area contributed by atoms with Crippen molar-refractivity contribution in [2.45, 2.75) is 32.4 Å². The van der Waals surface area contributed by atoms with E-state index in [2.05, 4.69) is 5.32 Å². The Morgan fingerprint density at radius 1 is 1.21 bits per heavy atom. The van der Waals surface area contributed by atoms with Crippen molar-refractivity contribution in [2.75, 3.05) is 6.54 Å². The normalized spacial score (nSPS) is 13.2. The molecule has 4 nitrogen and oxygen atoms in total. The number of ether oxygens (including phenoxy) is 1. The summed E-state index contributed by atoms with van der Waals surface area (Å²) in [7, 11) is 0. The number of hydrogen-bond donors (Lipinski definition) is 2. The summed E-state index contributed by atoms with van der Waals surface area (Å²) in [4.78, 5) is 12.2. The number of carbonyl (C=O) groups excluding carboxylic acids is 1. The van der Waals surface area contributed by atoms with E-state index in [-0.39, 0.29) is 24.3 Å². The number of amides is 1. The van der Waals surface area contributed by atoms with Crippen LogP contribution in [-0.2, 0) is 4.79 Å². The van der Waals surface area contributed by atoms with Gasteiger partial charge < -0.3 is 15.8 Å². The van der Waals surface area contributed by atoms with Crippen LogP contribution in [0, 0.1) is 12.7 Å². The Labute approximate surface area is 141 Å². The molecule has 0 aliphatic rings. The predicted octanol–water partition coefficient (Wildman–Crippen LogP) is 3.11. The van der Waals surface area contributed by atoms with Crippen molar-refractivity contribution in [3.05, 3.63) is 65.5 Å². The first kappa shape index (κ1) is 17.9. The van der Waals surface area contributed by atoms with E-state index in [0.717, 1.165) is 11.1 Å². The van der Waals surface area contributed by atoms with Crippen LogP contribution in [0.3, 0.4) is 0 Å². The maximum atomic E-state index is 13.6. The van der Waals surface area contributed by atoms with Gasteiger partial charge in [0.1, 0.15) is 12.1 Å². The summed E-state index contributed by atoms with van der Waals surface area (Å²) in [6, 6.07) is 13.0. The van der Waals surface area contributed by atoms with Crippen LogP contribution in [0.1, 0.15) is 30.5 Å². The SMILES string of the molecule is CCC(CNC(=O)C(N)c1ccc(C)cc1)Oc1ccccc1F. The zero-order chi connectivity index (χ0) is 17.5. The van der Waals surface area contributed by atoms with Gasteiger partial charge in [0.15, 0.2) is 11.6 Å². The molecule has 128 valence electrons. The lowest BCUT2D eigenvalue weighted by Gasteiger charge is -2.20. The average molecular weight is 330 g/mol. The molecule has 2 rings (SSSR count). The quantitative estimate of drug-likeness (QED) is 0.820. The van der Waals surface area contributed by atoms with Gasteiger partial charge in [0, 0.05) is 0 Å². The molecule has 2 aromatic rings. The molecule has 2 unspecified atom stereocenters. The van der Waals surface area contributed by atoms with Crippen LogP contribution in [-0.4, -0.2) is 18.6 Å². The van der Waals surface area contributed by atoms with Gasteiger partial charge in [0.25, 0.3) is 0 Å². The van der Waals surface area contributed by atoms with Crippen LogP contribution in [0.2, 0.25) is 0 Å². The maximum absolute atomic E-state index is 13.6. The van der Waals surface area contributed by atoms with Crippen molar-refractivity contribution in [1.82, 2.24) is 5.32 Å². The van der Waals surface area contributed by atoms with Crippen molar-refractivity contribution in [3.63, 3.8) is 0 Å². The summed E-state index contributed by atoms with van der Waals surface area (Å²) >= 11 is 0. The van der Waals surface area contributed by atoms with Crippen LogP contribution in [0.15, 0.2) is 48.5 Å². The van der Waals surface area contributed by atoms with Gasteiger partial charge in [-0.25, -0.2) is 4.39 Å². The molecule has 5 heteroatoms.